The van der Waals surface area contributed by atoms with Gasteiger partial charge in [0.25, 0.3) is 10.0 Å². The van der Waals surface area contributed by atoms with Crippen LogP contribution >= 0.6 is 0 Å². The van der Waals surface area contributed by atoms with Crippen LogP contribution in [0.3, 0.4) is 0 Å². The molecular formula is C11H16N2O3S. The first-order valence-corrected chi connectivity index (χ1v) is 6.77. The zero-order valence-corrected chi connectivity index (χ0v) is 10.4. The second-order valence-corrected chi connectivity index (χ2v) is 5.44. The van der Waals surface area contributed by atoms with Gasteiger partial charge in [-0.3, -0.25) is 4.79 Å². The van der Waals surface area contributed by atoms with E-state index in [4.69, 9.17) is 5.73 Å². The van der Waals surface area contributed by atoms with E-state index in [0.29, 0.717) is 13.0 Å². The van der Waals surface area contributed by atoms with Crippen molar-refractivity contribution in [1.29, 1.82) is 0 Å². The van der Waals surface area contributed by atoms with Crippen LogP contribution in [0.25, 0.3) is 0 Å². The van der Waals surface area contributed by atoms with E-state index in [9.17, 15) is 13.2 Å². The lowest BCUT2D eigenvalue weighted by atomic mass is 10.1. The fourth-order valence-corrected chi connectivity index (χ4v) is 2.37. The van der Waals surface area contributed by atoms with Crippen molar-refractivity contribution in [3.8, 4) is 0 Å². The minimum Gasteiger partial charge on any atom is -0.330 e. The number of rotatable bonds is 5. The zero-order chi connectivity index (χ0) is 12.9. The maximum Gasteiger partial charge on any atom is 0.264 e. The van der Waals surface area contributed by atoms with Gasteiger partial charge in [0.05, 0.1) is 4.90 Å². The van der Waals surface area contributed by atoms with Crippen LogP contribution < -0.4 is 10.5 Å². The first kappa shape index (κ1) is 13.7. The Morgan fingerprint density at radius 1 is 1.35 bits per heavy atom. The monoisotopic (exact) mass is 256 g/mol. The number of sulfonamides is 1. The summed E-state index contributed by atoms with van der Waals surface area (Å²) >= 11 is 0. The number of nitrogens with one attached hydrogen (secondary N) is 1. The van der Waals surface area contributed by atoms with Crippen molar-refractivity contribution < 1.29 is 13.2 Å². The number of amides is 1. The summed E-state index contributed by atoms with van der Waals surface area (Å²) in [7, 11) is -3.76. The molecule has 0 bridgehead atoms. The lowest BCUT2D eigenvalue weighted by Crippen LogP contribution is -2.35. The van der Waals surface area contributed by atoms with E-state index in [1.165, 1.54) is 12.1 Å². The Labute approximate surface area is 101 Å². The summed E-state index contributed by atoms with van der Waals surface area (Å²) in [6, 6.07) is 7.77. The molecule has 1 atom stereocenters. The molecule has 1 unspecified atom stereocenters. The second-order valence-electron chi connectivity index (χ2n) is 3.76. The van der Waals surface area contributed by atoms with Gasteiger partial charge in [0.2, 0.25) is 5.91 Å². The first-order valence-electron chi connectivity index (χ1n) is 5.29. The van der Waals surface area contributed by atoms with E-state index < -0.39 is 21.8 Å². The van der Waals surface area contributed by atoms with Gasteiger partial charge in [0.1, 0.15) is 0 Å². The van der Waals surface area contributed by atoms with Crippen LogP contribution in [0.15, 0.2) is 35.2 Å². The highest BCUT2D eigenvalue weighted by molar-refractivity contribution is 7.90. The number of carbonyl (C=O) groups excluding carboxylic acids is 1. The maximum atomic E-state index is 11.8. The molecule has 1 amide bonds. The quantitative estimate of drug-likeness (QED) is 0.801. The molecule has 0 spiro atoms. The molecule has 0 aliphatic heterocycles. The molecule has 0 heterocycles. The molecule has 1 rings (SSSR count). The highest BCUT2D eigenvalue weighted by Gasteiger charge is 2.20. The first-order chi connectivity index (χ1) is 7.97. The largest absolute Gasteiger partial charge is 0.330 e. The van der Waals surface area contributed by atoms with Crippen LogP contribution in [-0.4, -0.2) is 20.9 Å². The number of nitrogens with two attached hydrogens (primary N) is 1. The Morgan fingerprint density at radius 3 is 2.47 bits per heavy atom. The lowest BCUT2D eigenvalue weighted by molar-refractivity contribution is -0.122. The summed E-state index contributed by atoms with van der Waals surface area (Å²) in [4.78, 5) is 11.7. The fourth-order valence-electron chi connectivity index (χ4n) is 1.27. The fraction of sp³-hybridized carbons (Fsp3) is 0.364. The van der Waals surface area contributed by atoms with E-state index in [0.717, 1.165) is 0 Å². The van der Waals surface area contributed by atoms with Crippen molar-refractivity contribution in [3.63, 3.8) is 0 Å². The summed E-state index contributed by atoms with van der Waals surface area (Å²) in [6.45, 7) is 1.99. The van der Waals surface area contributed by atoms with Crippen molar-refractivity contribution in [1.82, 2.24) is 4.72 Å². The zero-order valence-electron chi connectivity index (χ0n) is 9.59. The number of hydrogen-bond acceptors (Lipinski definition) is 4. The number of hydrogen-bond donors (Lipinski definition) is 2. The molecule has 6 heteroatoms. The smallest absolute Gasteiger partial charge is 0.264 e. The Hall–Kier alpha value is -1.40. The van der Waals surface area contributed by atoms with Gasteiger partial charge < -0.3 is 5.73 Å². The number of carbonyl (C=O) groups is 1. The van der Waals surface area contributed by atoms with Crippen molar-refractivity contribution in [2.75, 3.05) is 6.54 Å². The molecule has 1 aromatic carbocycles. The summed E-state index contributed by atoms with van der Waals surface area (Å²) in [5.74, 6) is -0.946. The molecule has 1 aromatic rings. The van der Waals surface area contributed by atoms with Crippen LogP contribution in [0.2, 0.25) is 0 Å². The van der Waals surface area contributed by atoms with E-state index >= 15 is 0 Å². The van der Waals surface area contributed by atoms with E-state index in [2.05, 4.69) is 0 Å². The Kier molecular flexibility index (Phi) is 4.65. The molecular weight excluding hydrogens is 240 g/mol. The predicted octanol–water partition coefficient (Wildman–Crippen LogP) is 0.476. The Bertz CT molecular complexity index is 471. The average Bonchev–Trinajstić information content (AvgIpc) is 2.30. The molecule has 17 heavy (non-hydrogen) atoms. The molecule has 94 valence electrons. The van der Waals surface area contributed by atoms with Gasteiger partial charge in [-0.25, -0.2) is 13.1 Å². The van der Waals surface area contributed by atoms with E-state index in [1.54, 1.807) is 25.1 Å². The highest BCUT2D eigenvalue weighted by Crippen LogP contribution is 2.09. The van der Waals surface area contributed by atoms with Gasteiger partial charge in [0, 0.05) is 5.92 Å². The van der Waals surface area contributed by atoms with Crippen LogP contribution in [0, 0.1) is 5.92 Å². The third-order valence-electron chi connectivity index (χ3n) is 2.34. The molecule has 0 saturated carbocycles. The van der Waals surface area contributed by atoms with Gasteiger partial charge in [-0.05, 0) is 25.1 Å². The van der Waals surface area contributed by atoms with Crippen LogP contribution in [0.5, 0.6) is 0 Å². The molecule has 0 fully saturated rings. The molecule has 0 saturated heterocycles. The minimum absolute atomic E-state index is 0.0771. The normalized spacial score (nSPS) is 13.1. The van der Waals surface area contributed by atoms with Gasteiger partial charge in [-0.2, -0.15) is 0 Å². The SMILES string of the molecule is CC(CCN)C(=O)NS(=O)(=O)c1ccccc1. The van der Waals surface area contributed by atoms with E-state index in [-0.39, 0.29) is 4.90 Å². The van der Waals surface area contributed by atoms with Crippen LogP contribution in [-0.2, 0) is 14.8 Å². The predicted molar refractivity (Wildman–Crippen MR) is 64.6 cm³/mol. The average molecular weight is 256 g/mol. The molecule has 0 aromatic heterocycles. The third kappa shape index (κ3) is 3.83. The van der Waals surface area contributed by atoms with Crippen molar-refractivity contribution in [2.24, 2.45) is 11.7 Å². The van der Waals surface area contributed by atoms with E-state index in [1.807, 2.05) is 4.72 Å². The molecule has 0 aliphatic rings. The second kappa shape index (κ2) is 5.79. The summed E-state index contributed by atoms with van der Waals surface area (Å²) in [6.07, 6.45) is 0.455. The summed E-state index contributed by atoms with van der Waals surface area (Å²) in [5, 5.41) is 0. The van der Waals surface area contributed by atoms with Crippen molar-refractivity contribution in [2.45, 2.75) is 18.2 Å². The molecule has 0 radical (unpaired) electrons. The summed E-state index contributed by atoms with van der Waals surface area (Å²) < 4.78 is 25.6. The Morgan fingerprint density at radius 2 is 1.94 bits per heavy atom. The highest BCUT2D eigenvalue weighted by atomic mass is 32.2. The lowest BCUT2D eigenvalue weighted by Gasteiger charge is -2.11. The van der Waals surface area contributed by atoms with Crippen LogP contribution in [0.1, 0.15) is 13.3 Å². The molecule has 3 N–H and O–H groups in total. The van der Waals surface area contributed by atoms with Gasteiger partial charge in [0.15, 0.2) is 0 Å². The van der Waals surface area contributed by atoms with Crippen molar-refractivity contribution in [3.05, 3.63) is 30.3 Å². The van der Waals surface area contributed by atoms with Crippen molar-refractivity contribution >= 4 is 15.9 Å². The third-order valence-corrected chi connectivity index (χ3v) is 3.70. The molecule has 5 nitrogen and oxygen atoms in total. The van der Waals surface area contributed by atoms with Gasteiger partial charge in [-0.15, -0.1) is 0 Å². The standard InChI is InChI=1S/C11H16N2O3S/c1-9(7-8-12)11(14)13-17(15,16)10-5-3-2-4-6-10/h2-6,9H,7-8,12H2,1H3,(H,13,14). The summed E-state index contributed by atoms with van der Waals surface area (Å²) in [5.41, 5.74) is 5.31. The van der Waals surface area contributed by atoms with Gasteiger partial charge >= 0.3 is 0 Å². The van der Waals surface area contributed by atoms with Gasteiger partial charge in [-0.1, -0.05) is 25.1 Å². The topological polar surface area (TPSA) is 89.3 Å². The Balaban J connectivity index is 2.78. The number of benzene rings is 1. The minimum atomic E-state index is -3.76. The van der Waals surface area contributed by atoms with Crippen LogP contribution in [0.4, 0.5) is 0 Å². The maximum absolute atomic E-state index is 11.8. The molecule has 0 aliphatic carbocycles.